The van der Waals surface area contributed by atoms with E-state index in [0.717, 1.165) is 53.7 Å². The van der Waals surface area contributed by atoms with E-state index in [0.29, 0.717) is 6.54 Å². The molecule has 0 aliphatic carbocycles. The third-order valence-electron chi connectivity index (χ3n) is 6.76. The van der Waals surface area contributed by atoms with Gasteiger partial charge in [-0.1, -0.05) is 30.3 Å². The molecule has 1 aromatic heterocycles. The molecule has 1 saturated heterocycles. The van der Waals surface area contributed by atoms with Crippen LogP contribution in [-0.4, -0.2) is 63.7 Å². The van der Waals surface area contributed by atoms with Gasteiger partial charge in [-0.3, -0.25) is 4.98 Å². The van der Waals surface area contributed by atoms with Crippen LogP contribution in [0.5, 0.6) is 17.2 Å². The molecule has 0 spiro atoms. The Kier molecular flexibility index (Phi) is 7.84. The molecule has 1 atom stereocenters. The van der Waals surface area contributed by atoms with E-state index in [4.69, 9.17) is 9.47 Å². The van der Waals surface area contributed by atoms with Crippen LogP contribution in [0.15, 0.2) is 85.1 Å². The maximum Gasteiger partial charge on any atom is 0.128 e. The molecule has 1 aliphatic rings. The zero-order chi connectivity index (χ0) is 25.6. The Balaban J connectivity index is 1.15. The van der Waals surface area contributed by atoms with Gasteiger partial charge in [0.15, 0.2) is 0 Å². The average Bonchev–Trinajstić information content (AvgIpc) is 2.93. The summed E-state index contributed by atoms with van der Waals surface area (Å²) < 4.78 is 12.5. The van der Waals surface area contributed by atoms with Gasteiger partial charge in [-0.05, 0) is 72.5 Å². The highest BCUT2D eigenvalue weighted by molar-refractivity contribution is 5.84. The first-order valence-electron chi connectivity index (χ1n) is 12.7. The predicted octanol–water partition coefficient (Wildman–Crippen LogP) is 4.66. The van der Waals surface area contributed by atoms with E-state index in [2.05, 4.69) is 9.88 Å². The minimum absolute atomic E-state index is 0.0560. The SMILES string of the molecule is Oc1ccc(C(OC2CCN(CC(O)COc3cccc4ncccc34)CC2)c2ccc(O)cc2)cc1. The fourth-order valence-electron chi connectivity index (χ4n) is 4.81. The number of aromatic nitrogens is 1. The van der Waals surface area contributed by atoms with Crippen LogP contribution in [0.3, 0.4) is 0 Å². The van der Waals surface area contributed by atoms with Gasteiger partial charge >= 0.3 is 0 Å². The Morgan fingerprint density at radius 3 is 2.14 bits per heavy atom. The monoisotopic (exact) mass is 500 g/mol. The number of β-amino-alcohol motifs (C(OH)–C–C–N with tert-alkyl or cyclic N) is 1. The predicted molar refractivity (Wildman–Crippen MR) is 142 cm³/mol. The number of fused-ring (bicyclic) bond motifs is 1. The van der Waals surface area contributed by atoms with Crippen molar-refractivity contribution in [2.24, 2.45) is 0 Å². The largest absolute Gasteiger partial charge is 0.508 e. The molecule has 5 rings (SSSR count). The number of phenolic OH excluding ortho intramolecular Hbond substituents is 2. The molecule has 3 aromatic carbocycles. The van der Waals surface area contributed by atoms with E-state index in [1.807, 2.05) is 54.6 Å². The average molecular weight is 501 g/mol. The third-order valence-corrected chi connectivity index (χ3v) is 6.76. The molecule has 192 valence electrons. The highest BCUT2D eigenvalue weighted by Crippen LogP contribution is 2.32. The second-order valence-electron chi connectivity index (χ2n) is 9.49. The molecule has 1 aliphatic heterocycles. The van der Waals surface area contributed by atoms with Crippen LogP contribution in [0.4, 0.5) is 0 Å². The number of piperidine rings is 1. The minimum atomic E-state index is -0.605. The van der Waals surface area contributed by atoms with Gasteiger partial charge in [0.2, 0.25) is 0 Å². The summed E-state index contributed by atoms with van der Waals surface area (Å²) in [6.45, 7) is 2.39. The van der Waals surface area contributed by atoms with Crippen molar-refractivity contribution >= 4 is 10.9 Å². The number of nitrogens with zero attached hydrogens (tertiary/aromatic N) is 2. The molecular formula is C30H32N2O5. The van der Waals surface area contributed by atoms with Crippen LogP contribution >= 0.6 is 0 Å². The van der Waals surface area contributed by atoms with Gasteiger partial charge in [-0.2, -0.15) is 0 Å². The molecule has 7 nitrogen and oxygen atoms in total. The van der Waals surface area contributed by atoms with Crippen molar-refractivity contribution in [3.63, 3.8) is 0 Å². The van der Waals surface area contributed by atoms with Crippen LogP contribution in [0.25, 0.3) is 10.9 Å². The number of benzene rings is 3. The van der Waals surface area contributed by atoms with Crippen molar-refractivity contribution in [3.8, 4) is 17.2 Å². The topological polar surface area (TPSA) is 95.3 Å². The Labute approximate surface area is 216 Å². The second kappa shape index (κ2) is 11.6. The first-order valence-corrected chi connectivity index (χ1v) is 12.7. The first kappa shape index (κ1) is 25.0. The van der Waals surface area contributed by atoms with Gasteiger partial charge in [0.25, 0.3) is 0 Å². The third kappa shape index (κ3) is 6.38. The number of phenols is 2. The molecule has 1 unspecified atom stereocenters. The Morgan fingerprint density at radius 1 is 0.838 bits per heavy atom. The highest BCUT2D eigenvalue weighted by Gasteiger charge is 2.26. The lowest BCUT2D eigenvalue weighted by Gasteiger charge is -2.35. The van der Waals surface area contributed by atoms with E-state index in [9.17, 15) is 15.3 Å². The summed E-state index contributed by atoms with van der Waals surface area (Å²) in [7, 11) is 0. The Hall–Kier alpha value is -3.65. The van der Waals surface area contributed by atoms with Gasteiger partial charge in [-0.15, -0.1) is 0 Å². The van der Waals surface area contributed by atoms with Gasteiger partial charge in [0.05, 0.1) is 11.6 Å². The van der Waals surface area contributed by atoms with Crippen molar-refractivity contribution in [1.29, 1.82) is 0 Å². The van der Waals surface area contributed by atoms with E-state index >= 15 is 0 Å². The highest BCUT2D eigenvalue weighted by atomic mass is 16.5. The summed E-state index contributed by atoms with van der Waals surface area (Å²) in [5.74, 6) is 1.15. The summed E-state index contributed by atoms with van der Waals surface area (Å²) in [6, 6.07) is 23.7. The van der Waals surface area contributed by atoms with E-state index in [-0.39, 0.29) is 30.3 Å². The van der Waals surface area contributed by atoms with Crippen LogP contribution in [0.1, 0.15) is 30.1 Å². The van der Waals surface area contributed by atoms with Crippen molar-refractivity contribution in [1.82, 2.24) is 9.88 Å². The van der Waals surface area contributed by atoms with Crippen LogP contribution in [-0.2, 0) is 4.74 Å². The summed E-state index contributed by atoms with van der Waals surface area (Å²) in [4.78, 5) is 6.60. The van der Waals surface area contributed by atoms with E-state index in [1.165, 1.54) is 0 Å². The number of hydrogen-bond donors (Lipinski definition) is 3. The molecule has 0 amide bonds. The second-order valence-corrected chi connectivity index (χ2v) is 9.49. The molecule has 2 heterocycles. The number of likely N-dealkylation sites (tertiary alicyclic amines) is 1. The van der Waals surface area contributed by atoms with Crippen LogP contribution in [0, 0.1) is 0 Å². The van der Waals surface area contributed by atoms with E-state index in [1.54, 1.807) is 30.5 Å². The standard InChI is InChI=1S/C30H32N2O5/c33-23-10-6-21(7-11-23)30(22-8-12-24(34)13-9-22)37-26-14-17-32(18-15-26)19-25(35)20-36-29-5-1-4-28-27(29)3-2-16-31-28/h1-13,16,25-26,30,33-35H,14-15,17-20H2. The number of ether oxygens (including phenoxy) is 2. The quantitative estimate of drug-likeness (QED) is 0.308. The lowest BCUT2D eigenvalue weighted by molar-refractivity contribution is -0.0346. The lowest BCUT2D eigenvalue weighted by Crippen LogP contribution is -2.42. The summed E-state index contributed by atoms with van der Waals surface area (Å²) in [5, 5.41) is 31.0. The number of hydrogen-bond acceptors (Lipinski definition) is 7. The van der Waals surface area contributed by atoms with Crippen molar-refractivity contribution in [2.45, 2.75) is 31.2 Å². The molecule has 4 aromatic rings. The van der Waals surface area contributed by atoms with Crippen molar-refractivity contribution in [3.05, 3.63) is 96.2 Å². The Bertz CT molecular complexity index is 1240. The van der Waals surface area contributed by atoms with E-state index < -0.39 is 6.10 Å². The minimum Gasteiger partial charge on any atom is -0.508 e. The molecular weight excluding hydrogens is 468 g/mol. The summed E-state index contributed by atoms with van der Waals surface area (Å²) in [5.41, 5.74) is 2.76. The van der Waals surface area contributed by atoms with Gasteiger partial charge < -0.3 is 29.7 Å². The number of aliphatic hydroxyl groups excluding tert-OH is 1. The fraction of sp³-hybridized carbons (Fsp3) is 0.300. The summed E-state index contributed by atoms with van der Waals surface area (Å²) in [6.07, 6.45) is 2.59. The fourth-order valence-corrected chi connectivity index (χ4v) is 4.81. The molecule has 37 heavy (non-hydrogen) atoms. The molecule has 0 radical (unpaired) electrons. The first-order chi connectivity index (χ1) is 18.0. The zero-order valence-corrected chi connectivity index (χ0v) is 20.6. The van der Waals surface area contributed by atoms with Gasteiger partial charge in [0.1, 0.15) is 36.1 Å². The Morgan fingerprint density at radius 2 is 1.49 bits per heavy atom. The number of aliphatic hydroxyl groups is 1. The maximum absolute atomic E-state index is 10.6. The maximum atomic E-state index is 10.6. The molecule has 0 saturated carbocycles. The van der Waals surface area contributed by atoms with Crippen LogP contribution in [0.2, 0.25) is 0 Å². The molecule has 7 heteroatoms. The van der Waals surface area contributed by atoms with Crippen molar-refractivity contribution in [2.75, 3.05) is 26.2 Å². The smallest absolute Gasteiger partial charge is 0.128 e. The molecule has 0 bridgehead atoms. The normalized spacial score (nSPS) is 15.7. The zero-order valence-electron chi connectivity index (χ0n) is 20.6. The molecule has 3 N–H and O–H groups in total. The number of aromatic hydroxyl groups is 2. The molecule has 1 fully saturated rings. The van der Waals surface area contributed by atoms with Gasteiger partial charge in [-0.25, -0.2) is 0 Å². The van der Waals surface area contributed by atoms with Crippen LogP contribution < -0.4 is 4.74 Å². The summed E-state index contributed by atoms with van der Waals surface area (Å²) >= 11 is 0. The lowest BCUT2D eigenvalue weighted by atomic mass is 9.99. The number of rotatable bonds is 9. The van der Waals surface area contributed by atoms with Crippen molar-refractivity contribution < 1.29 is 24.8 Å². The number of pyridine rings is 1. The van der Waals surface area contributed by atoms with Gasteiger partial charge in [0, 0.05) is 31.2 Å².